The molecule has 0 aromatic heterocycles. The third-order valence-corrected chi connectivity index (χ3v) is 5.49. The van der Waals surface area contributed by atoms with Gasteiger partial charge in [-0.15, -0.1) is 0 Å². The fraction of sp³-hybridized carbons (Fsp3) is 0.938. The van der Waals surface area contributed by atoms with Crippen LogP contribution in [0, 0.1) is 5.41 Å². The van der Waals surface area contributed by atoms with E-state index in [1.165, 1.54) is 19.3 Å². The van der Waals surface area contributed by atoms with E-state index in [1.807, 2.05) is 0 Å². The predicted molar refractivity (Wildman–Crippen MR) is 76.5 cm³/mol. The first-order valence-electron chi connectivity index (χ1n) is 8.27. The summed E-state index contributed by atoms with van der Waals surface area (Å²) in [6, 6.07) is 0.352. The van der Waals surface area contributed by atoms with Crippen LogP contribution < -0.4 is 5.32 Å². The summed E-state index contributed by atoms with van der Waals surface area (Å²) in [6.07, 6.45) is 9.16. The van der Waals surface area contributed by atoms with E-state index in [2.05, 4.69) is 12.2 Å². The van der Waals surface area contributed by atoms with Crippen molar-refractivity contribution in [2.24, 2.45) is 5.41 Å². The summed E-state index contributed by atoms with van der Waals surface area (Å²) < 4.78 is 11.4. The van der Waals surface area contributed by atoms with Gasteiger partial charge in [-0.1, -0.05) is 6.42 Å². The molecule has 1 saturated heterocycles. The summed E-state index contributed by atoms with van der Waals surface area (Å²) in [6.45, 7) is 3.71. The van der Waals surface area contributed by atoms with E-state index in [4.69, 9.17) is 9.47 Å². The second-order valence-corrected chi connectivity index (χ2v) is 6.56. The van der Waals surface area contributed by atoms with Gasteiger partial charge < -0.3 is 14.8 Å². The van der Waals surface area contributed by atoms with Crippen LogP contribution >= 0.6 is 0 Å². The lowest BCUT2D eigenvalue weighted by Crippen LogP contribution is -2.67. The molecule has 0 aromatic carbocycles. The molecule has 1 N–H and O–H groups in total. The second-order valence-electron chi connectivity index (χ2n) is 6.56. The first-order valence-corrected chi connectivity index (χ1v) is 8.27. The normalized spacial score (nSPS) is 34.5. The number of hydrogen-bond donors (Lipinski definition) is 1. The van der Waals surface area contributed by atoms with Gasteiger partial charge >= 0.3 is 0 Å². The van der Waals surface area contributed by atoms with Crippen LogP contribution in [0.15, 0.2) is 0 Å². The molecule has 2 aliphatic carbocycles. The average molecular weight is 281 g/mol. The molecule has 4 heteroatoms. The van der Waals surface area contributed by atoms with Gasteiger partial charge in [0.25, 0.3) is 0 Å². The Morgan fingerprint density at radius 1 is 1.40 bits per heavy atom. The molecular weight excluding hydrogens is 254 g/mol. The van der Waals surface area contributed by atoms with Crippen LogP contribution in [0.5, 0.6) is 0 Å². The highest BCUT2D eigenvalue weighted by Crippen LogP contribution is 2.57. The maximum atomic E-state index is 12.1. The van der Waals surface area contributed by atoms with Crippen molar-refractivity contribution in [1.82, 2.24) is 5.32 Å². The van der Waals surface area contributed by atoms with Crippen LogP contribution in [-0.4, -0.2) is 37.4 Å². The molecule has 2 saturated carbocycles. The molecule has 0 bridgehead atoms. The van der Waals surface area contributed by atoms with Crippen molar-refractivity contribution in [2.45, 2.75) is 76.5 Å². The molecule has 0 aromatic rings. The molecule has 4 nitrogen and oxygen atoms in total. The Bertz CT molecular complexity index is 348. The summed E-state index contributed by atoms with van der Waals surface area (Å²) in [7, 11) is 0. The lowest BCUT2D eigenvalue weighted by atomic mass is 9.51. The molecule has 1 spiro atoms. The Labute approximate surface area is 121 Å². The Kier molecular flexibility index (Phi) is 4.32. The van der Waals surface area contributed by atoms with E-state index in [-0.39, 0.29) is 11.3 Å². The van der Waals surface area contributed by atoms with Gasteiger partial charge in [-0.05, 0) is 45.4 Å². The number of carbonyl (C=O) groups excluding carboxylic acids is 1. The van der Waals surface area contributed by atoms with Crippen LogP contribution in [0.4, 0.5) is 0 Å². The average Bonchev–Trinajstić information content (AvgIpc) is 2.86. The second kappa shape index (κ2) is 6.02. The highest BCUT2D eigenvalue weighted by atomic mass is 16.5. The Morgan fingerprint density at radius 2 is 2.25 bits per heavy atom. The lowest BCUT2D eigenvalue weighted by Gasteiger charge is -2.61. The minimum absolute atomic E-state index is 0.201. The van der Waals surface area contributed by atoms with Crippen molar-refractivity contribution in [2.75, 3.05) is 13.2 Å². The van der Waals surface area contributed by atoms with Gasteiger partial charge in [-0.25, -0.2) is 0 Å². The van der Waals surface area contributed by atoms with Crippen molar-refractivity contribution in [3.63, 3.8) is 0 Å². The number of rotatable bonds is 6. The number of nitrogens with one attached hydrogen (secondary N) is 1. The summed E-state index contributed by atoms with van der Waals surface area (Å²) in [5, 5.41) is 3.25. The molecule has 1 heterocycles. The molecule has 1 aliphatic heterocycles. The standard InChI is InChI=1S/C16H27NO3/c1-2-19-14-11-13(16(14)8-4-9-16)17-15(18)7-6-12-5-3-10-20-12/h12-14H,2-11H2,1H3,(H,17,18)/t12-,13+,14-/m1/s1. The van der Waals surface area contributed by atoms with Gasteiger partial charge in [0, 0.05) is 31.1 Å². The topological polar surface area (TPSA) is 47.6 Å². The van der Waals surface area contributed by atoms with Gasteiger partial charge in [0.1, 0.15) is 0 Å². The van der Waals surface area contributed by atoms with Gasteiger partial charge in [-0.2, -0.15) is 0 Å². The number of carbonyl (C=O) groups is 1. The third-order valence-electron chi connectivity index (χ3n) is 5.49. The van der Waals surface area contributed by atoms with Gasteiger partial charge in [0.05, 0.1) is 12.2 Å². The monoisotopic (exact) mass is 281 g/mol. The molecule has 0 radical (unpaired) electrons. The van der Waals surface area contributed by atoms with E-state index < -0.39 is 0 Å². The zero-order valence-corrected chi connectivity index (χ0v) is 12.5. The minimum atomic E-state index is 0.201. The molecule has 0 unspecified atom stereocenters. The highest BCUT2D eigenvalue weighted by molar-refractivity contribution is 5.76. The van der Waals surface area contributed by atoms with Crippen molar-refractivity contribution in [3.05, 3.63) is 0 Å². The highest BCUT2D eigenvalue weighted by Gasteiger charge is 2.59. The number of amides is 1. The number of hydrogen-bond acceptors (Lipinski definition) is 3. The van der Waals surface area contributed by atoms with Crippen LogP contribution in [0.2, 0.25) is 0 Å². The van der Waals surface area contributed by atoms with E-state index in [0.29, 0.717) is 24.7 Å². The van der Waals surface area contributed by atoms with Crippen molar-refractivity contribution < 1.29 is 14.3 Å². The summed E-state index contributed by atoms with van der Waals surface area (Å²) >= 11 is 0. The van der Waals surface area contributed by atoms with Crippen molar-refractivity contribution >= 4 is 5.91 Å². The predicted octanol–water partition coefficient (Wildman–Crippen LogP) is 2.41. The maximum absolute atomic E-state index is 12.1. The quantitative estimate of drug-likeness (QED) is 0.813. The van der Waals surface area contributed by atoms with Gasteiger partial charge in [0.2, 0.25) is 5.91 Å². The summed E-state index contributed by atoms with van der Waals surface area (Å²) in [4.78, 5) is 12.1. The molecule has 20 heavy (non-hydrogen) atoms. The number of ether oxygens (including phenoxy) is 2. The van der Waals surface area contributed by atoms with E-state index >= 15 is 0 Å². The Morgan fingerprint density at radius 3 is 2.85 bits per heavy atom. The van der Waals surface area contributed by atoms with E-state index in [1.54, 1.807) is 0 Å². The smallest absolute Gasteiger partial charge is 0.220 e. The van der Waals surface area contributed by atoms with E-state index in [0.717, 1.165) is 38.9 Å². The fourth-order valence-electron chi connectivity index (χ4n) is 4.07. The molecule has 114 valence electrons. The molecule has 3 aliphatic rings. The van der Waals surface area contributed by atoms with Gasteiger partial charge in [-0.3, -0.25) is 4.79 Å². The summed E-state index contributed by atoms with van der Waals surface area (Å²) in [5.41, 5.74) is 0.273. The molecule has 3 rings (SSSR count). The Balaban J connectivity index is 1.42. The first kappa shape index (κ1) is 14.3. The van der Waals surface area contributed by atoms with Gasteiger partial charge in [0.15, 0.2) is 0 Å². The van der Waals surface area contributed by atoms with Crippen molar-refractivity contribution in [1.29, 1.82) is 0 Å². The van der Waals surface area contributed by atoms with Crippen LogP contribution in [0.1, 0.15) is 58.3 Å². The lowest BCUT2D eigenvalue weighted by molar-refractivity contribution is -0.175. The molecule has 3 fully saturated rings. The van der Waals surface area contributed by atoms with E-state index in [9.17, 15) is 4.79 Å². The summed E-state index contributed by atoms with van der Waals surface area (Å²) in [5.74, 6) is 0.201. The molecule has 3 atom stereocenters. The molecular formula is C16H27NO3. The maximum Gasteiger partial charge on any atom is 0.220 e. The Hall–Kier alpha value is -0.610. The third kappa shape index (κ3) is 2.60. The SMILES string of the molecule is CCO[C@@H]1C[C@H](NC(=O)CC[C@H]2CCCO2)C12CCC2. The largest absolute Gasteiger partial charge is 0.378 e. The van der Waals surface area contributed by atoms with Crippen LogP contribution in [0.25, 0.3) is 0 Å². The zero-order chi connectivity index (χ0) is 14.0. The first-order chi connectivity index (χ1) is 9.74. The molecule has 1 amide bonds. The van der Waals surface area contributed by atoms with Crippen LogP contribution in [-0.2, 0) is 14.3 Å². The van der Waals surface area contributed by atoms with Crippen LogP contribution in [0.3, 0.4) is 0 Å². The fourth-order valence-corrected chi connectivity index (χ4v) is 4.07. The minimum Gasteiger partial charge on any atom is -0.378 e. The zero-order valence-electron chi connectivity index (χ0n) is 12.5. The van der Waals surface area contributed by atoms with Crippen molar-refractivity contribution in [3.8, 4) is 0 Å².